The van der Waals surface area contributed by atoms with Gasteiger partial charge in [0.25, 0.3) is 0 Å². The summed E-state index contributed by atoms with van der Waals surface area (Å²) in [5.41, 5.74) is 0. The van der Waals surface area contributed by atoms with Gasteiger partial charge in [0.05, 0.1) is 25.9 Å². The van der Waals surface area contributed by atoms with E-state index in [2.05, 4.69) is 47.9 Å². The van der Waals surface area contributed by atoms with Crippen LogP contribution in [0.3, 0.4) is 0 Å². The van der Waals surface area contributed by atoms with E-state index in [9.17, 15) is 29.3 Å². The summed E-state index contributed by atoms with van der Waals surface area (Å²) in [5, 5.41) is 27.8. The second kappa shape index (κ2) is 41.1. The fourth-order valence-electron chi connectivity index (χ4n) is 5.44. The molecule has 4 atom stereocenters. The van der Waals surface area contributed by atoms with E-state index in [0.29, 0.717) is 25.7 Å². The second-order valence-electron chi connectivity index (χ2n) is 14.5. The Labute approximate surface area is 351 Å². The van der Waals surface area contributed by atoms with E-state index in [1.54, 1.807) is 6.08 Å². The van der Waals surface area contributed by atoms with Gasteiger partial charge < -0.3 is 29.7 Å². The Kier molecular flexibility index (Phi) is 39.3. The number of allylic oxidation sites excluding steroid dienone is 11. The minimum absolute atomic E-state index is 0.145. The topological polar surface area (TPSA) is 169 Å². The first kappa shape index (κ1) is 55.4. The fraction of sp³-hybridized carbons (Fsp3) is 0.696. The van der Waals surface area contributed by atoms with Crippen LogP contribution in [-0.2, 0) is 32.7 Å². The Morgan fingerprint density at radius 3 is 1.69 bits per heavy atom. The van der Waals surface area contributed by atoms with E-state index in [1.807, 2.05) is 37.3 Å². The molecule has 0 amide bonds. The van der Waals surface area contributed by atoms with Crippen molar-refractivity contribution in [1.82, 2.24) is 0 Å². The van der Waals surface area contributed by atoms with Crippen LogP contribution in [0.25, 0.3) is 0 Å². The summed E-state index contributed by atoms with van der Waals surface area (Å²) in [7, 11) is -4.64. The Bertz CT molecular complexity index is 1210. The highest BCUT2D eigenvalue weighted by Crippen LogP contribution is 2.43. The molecule has 0 spiro atoms. The summed E-state index contributed by atoms with van der Waals surface area (Å²) in [6.07, 6.45) is 43.9. The monoisotopic (exact) mass is 839 g/mol. The standard InChI is InChI=1S/C46H79O11P/c1-3-5-6-7-8-9-10-11-12-13-14-19-22-25-28-31-34-37-46(51)57-44(41-56-58(52,53)55-39-43(49)38-47)40-54-45(50)36-33-30-27-24-21-18-16-15-17-20-23-26-29-32-35-42(48)4-2/h11-12,16-18,20,24,26-27,29,32,35,42-44,47-49H,3-10,13-15,19,21-23,25,28,30-31,33-34,36-41H2,1-2H3,(H,52,53)/b12-11-,18-16-,20-17-,27-24-,29-26-,35-32+/t42-,43-,44+/m0/s1. The summed E-state index contributed by atoms with van der Waals surface area (Å²) >= 11 is 0. The lowest BCUT2D eigenvalue weighted by molar-refractivity contribution is -0.161. The van der Waals surface area contributed by atoms with Crippen molar-refractivity contribution >= 4 is 19.8 Å². The van der Waals surface area contributed by atoms with Gasteiger partial charge in [0.15, 0.2) is 6.10 Å². The Hall–Kier alpha value is -2.63. The largest absolute Gasteiger partial charge is 0.472 e. The number of hydrogen-bond acceptors (Lipinski definition) is 10. The zero-order chi connectivity index (χ0) is 42.8. The van der Waals surface area contributed by atoms with Crippen molar-refractivity contribution in [3.63, 3.8) is 0 Å². The highest BCUT2D eigenvalue weighted by molar-refractivity contribution is 7.47. The van der Waals surface area contributed by atoms with E-state index in [-0.39, 0.29) is 25.6 Å². The van der Waals surface area contributed by atoms with Crippen LogP contribution in [-0.4, -0.2) is 76.9 Å². The normalized spacial score (nSPS) is 15.1. The van der Waals surface area contributed by atoms with E-state index in [1.165, 1.54) is 57.8 Å². The second-order valence-corrected chi connectivity index (χ2v) is 16.0. The van der Waals surface area contributed by atoms with Crippen molar-refractivity contribution in [3.8, 4) is 0 Å². The van der Waals surface area contributed by atoms with Crippen molar-refractivity contribution < 1.29 is 52.9 Å². The molecule has 0 bridgehead atoms. The predicted molar refractivity (Wildman–Crippen MR) is 234 cm³/mol. The third-order valence-corrected chi connectivity index (χ3v) is 9.95. The number of carbonyl (C=O) groups excluding carboxylic acids is 2. The van der Waals surface area contributed by atoms with Crippen molar-refractivity contribution in [3.05, 3.63) is 72.9 Å². The first-order chi connectivity index (χ1) is 28.1. The van der Waals surface area contributed by atoms with Crippen LogP contribution in [0.15, 0.2) is 72.9 Å². The molecule has 0 aromatic carbocycles. The van der Waals surface area contributed by atoms with Crippen LogP contribution >= 0.6 is 7.82 Å². The first-order valence-electron chi connectivity index (χ1n) is 22.0. The van der Waals surface area contributed by atoms with Gasteiger partial charge in [0.2, 0.25) is 0 Å². The van der Waals surface area contributed by atoms with Crippen molar-refractivity contribution in [1.29, 1.82) is 0 Å². The molecule has 58 heavy (non-hydrogen) atoms. The van der Waals surface area contributed by atoms with Crippen molar-refractivity contribution in [2.75, 3.05) is 26.4 Å². The van der Waals surface area contributed by atoms with Crippen LogP contribution in [0.1, 0.15) is 162 Å². The molecule has 0 rings (SSSR count). The van der Waals surface area contributed by atoms with Gasteiger partial charge in [0, 0.05) is 12.8 Å². The van der Waals surface area contributed by atoms with Crippen LogP contribution in [0.5, 0.6) is 0 Å². The molecule has 12 heteroatoms. The molecule has 11 nitrogen and oxygen atoms in total. The van der Waals surface area contributed by atoms with Crippen molar-refractivity contribution in [2.45, 2.75) is 180 Å². The number of aliphatic hydroxyl groups is 3. The summed E-state index contributed by atoms with van der Waals surface area (Å²) in [5.74, 6) is -1.02. The maximum Gasteiger partial charge on any atom is 0.472 e. The lowest BCUT2D eigenvalue weighted by atomic mass is 10.1. The molecule has 0 radical (unpaired) electrons. The molecule has 0 fully saturated rings. The third-order valence-electron chi connectivity index (χ3n) is 9.00. The van der Waals surface area contributed by atoms with Gasteiger partial charge in [-0.1, -0.05) is 151 Å². The molecular weight excluding hydrogens is 759 g/mol. The molecular formula is C46H79O11P. The van der Waals surface area contributed by atoms with Crippen LogP contribution in [0.4, 0.5) is 0 Å². The number of aliphatic hydroxyl groups excluding tert-OH is 3. The summed E-state index contributed by atoms with van der Waals surface area (Å²) < 4.78 is 32.6. The summed E-state index contributed by atoms with van der Waals surface area (Å²) in [4.78, 5) is 35.0. The molecule has 0 aliphatic carbocycles. The number of unbranched alkanes of at least 4 members (excludes halogenated alkanes) is 14. The summed E-state index contributed by atoms with van der Waals surface area (Å²) in [6.45, 7) is 1.96. The van der Waals surface area contributed by atoms with E-state index >= 15 is 0 Å². The van der Waals surface area contributed by atoms with Crippen LogP contribution < -0.4 is 0 Å². The molecule has 0 aliphatic heterocycles. The highest BCUT2D eigenvalue weighted by atomic mass is 31.2. The van der Waals surface area contributed by atoms with Gasteiger partial charge in [-0.15, -0.1) is 0 Å². The number of rotatable bonds is 40. The quantitative estimate of drug-likeness (QED) is 0.0152. The van der Waals surface area contributed by atoms with Crippen molar-refractivity contribution in [2.24, 2.45) is 0 Å². The lowest BCUT2D eigenvalue weighted by Crippen LogP contribution is -2.29. The molecule has 334 valence electrons. The number of phosphoric ester groups is 1. The molecule has 1 unspecified atom stereocenters. The van der Waals surface area contributed by atoms with E-state index < -0.39 is 51.8 Å². The molecule has 4 N–H and O–H groups in total. The Morgan fingerprint density at radius 2 is 1.09 bits per heavy atom. The molecule has 0 aromatic heterocycles. The molecule has 0 aliphatic rings. The maximum atomic E-state index is 12.6. The van der Waals surface area contributed by atoms with E-state index in [4.69, 9.17) is 19.1 Å². The molecule has 0 heterocycles. The number of hydrogen-bond donors (Lipinski definition) is 4. The maximum absolute atomic E-state index is 12.6. The summed E-state index contributed by atoms with van der Waals surface area (Å²) in [6, 6.07) is 0. The Balaban J connectivity index is 4.41. The smallest absolute Gasteiger partial charge is 0.462 e. The SMILES string of the molecule is CCCCCCCC/C=C\CCCCCCCCCC(=O)O[C@H](COC(=O)CCC/C=C\C/C=C\C/C=C\C/C=C\C=C\[C@@H](O)CC)COP(=O)(O)OC[C@@H](O)CO. The number of esters is 2. The number of ether oxygens (including phenoxy) is 2. The lowest BCUT2D eigenvalue weighted by Gasteiger charge is -2.20. The van der Waals surface area contributed by atoms with Gasteiger partial charge in [0.1, 0.15) is 12.7 Å². The Morgan fingerprint density at radius 1 is 0.586 bits per heavy atom. The highest BCUT2D eigenvalue weighted by Gasteiger charge is 2.27. The van der Waals surface area contributed by atoms with Gasteiger partial charge in [-0.2, -0.15) is 0 Å². The minimum Gasteiger partial charge on any atom is -0.462 e. The predicted octanol–water partition coefficient (Wildman–Crippen LogP) is 10.6. The number of carbonyl (C=O) groups is 2. The van der Waals surface area contributed by atoms with Crippen LogP contribution in [0, 0.1) is 0 Å². The number of phosphoric acid groups is 1. The average molecular weight is 839 g/mol. The van der Waals surface area contributed by atoms with Gasteiger partial charge in [-0.3, -0.25) is 18.6 Å². The zero-order valence-electron chi connectivity index (χ0n) is 35.8. The van der Waals surface area contributed by atoms with Gasteiger partial charge in [-0.25, -0.2) is 4.57 Å². The first-order valence-corrected chi connectivity index (χ1v) is 23.5. The van der Waals surface area contributed by atoms with Gasteiger partial charge in [-0.05, 0) is 70.6 Å². The zero-order valence-corrected chi connectivity index (χ0v) is 36.7. The molecule has 0 saturated carbocycles. The average Bonchev–Trinajstić information content (AvgIpc) is 3.21. The third kappa shape index (κ3) is 40.2. The van der Waals surface area contributed by atoms with E-state index in [0.717, 1.165) is 51.4 Å². The molecule has 0 saturated heterocycles. The fourth-order valence-corrected chi connectivity index (χ4v) is 6.23. The van der Waals surface area contributed by atoms with Gasteiger partial charge >= 0.3 is 19.8 Å². The van der Waals surface area contributed by atoms with Crippen LogP contribution in [0.2, 0.25) is 0 Å². The molecule has 0 aromatic rings. The minimum atomic E-state index is -4.64.